The highest BCUT2D eigenvalue weighted by Gasteiger charge is 2.32. The summed E-state index contributed by atoms with van der Waals surface area (Å²) in [6.45, 7) is 1.33. The number of thiazole rings is 1. The van der Waals surface area contributed by atoms with Gasteiger partial charge in [-0.2, -0.15) is 0 Å². The number of fused-ring (bicyclic) bond motifs is 1. The van der Waals surface area contributed by atoms with Crippen LogP contribution in [-0.2, 0) is 0 Å². The Balaban J connectivity index is 1.31. The van der Waals surface area contributed by atoms with Gasteiger partial charge in [-0.25, -0.2) is 18.2 Å². The Morgan fingerprint density at radius 3 is 2.62 bits per heavy atom. The minimum atomic E-state index is -2.71. The topological polar surface area (TPSA) is 67.4 Å². The molecule has 1 fully saturated rings. The van der Waals surface area contributed by atoms with Crippen LogP contribution in [0.15, 0.2) is 66.3 Å². The summed E-state index contributed by atoms with van der Waals surface area (Å²) in [5, 5.41) is 3.68. The summed E-state index contributed by atoms with van der Waals surface area (Å²) in [4.78, 5) is 23.9. The van der Waals surface area contributed by atoms with E-state index in [1.807, 2.05) is 12.1 Å². The highest BCUT2D eigenvalue weighted by atomic mass is 32.1. The highest BCUT2D eigenvalue weighted by molar-refractivity contribution is 7.09. The van der Waals surface area contributed by atoms with E-state index < -0.39 is 12.5 Å². The maximum atomic E-state index is 13.7. The van der Waals surface area contributed by atoms with Crippen molar-refractivity contribution in [3.05, 3.63) is 88.3 Å². The number of rotatable bonds is 8. The van der Waals surface area contributed by atoms with Crippen molar-refractivity contribution in [1.82, 2.24) is 20.2 Å². The fourth-order valence-electron chi connectivity index (χ4n) is 4.66. The third-order valence-electron chi connectivity index (χ3n) is 6.51. The molecular formula is C27H25F3N4O2S. The minimum absolute atomic E-state index is 0.0730. The highest BCUT2D eigenvalue weighted by Crippen LogP contribution is 2.34. The van der Waals surface area contributed by atoms with Crippen molar-refractivity contribution in [3.63, 3.8) is 0 Å². The zero-order chi connectivity index (χ0) is 25.8. The number of hydrogen-bond acceptors (Lipinski definition) is 6. The quantitative estimate of drug-likeness (QED) is 0.315. The van der Waals surface area contributed by atoms with Crippen molar-refractivity contribution < 1.29 is 22.7 Å². The standard InChI is InChI=1S/C27H25F3N4O2S/c28-17-6-8-18(9-7-17)36-19-10-13-34(14-11-19)23(25-24(26(29)30)33-16-37-25)15-32-27(35)21-3-1-5-22-20(21)4-2-12-31-22/h1-9,12,16,19,23,26H,10-11,13-15H2,(H,32,35). The van der Waals surface area contributed by atoms with Gasteiger partial charge in [0.25, 0.3) is 12.3 Å². The number of nitrogens with zero attached hydrogens (tertiary/aromatic N) is 3. The van der Waals surface area contributed by atoms with Crippen LogP contribution in [0.4, 0.5) is 13.2 Å². The number of hydrogen-bond donors (Lipinski definition) is 1. The largest absolute Gasteiger partial charge is 0.490 e. The van der Waals surface area contributed by atoms with E-state index in [0.717, 1.165) is 5.39 Å². The lowest BCUT2D eigenvalue weighted by molar-refractivity contribution is 0.0703. The summed E-state index contributed by atoms with van der Waals surface area (Å²) < 4.78 is 46.7. The van der Waals surface area contributed by atoms with E-state index in [1.165, 1.54) is 29.0 Å². The van der Waals surface area contributed by atoms with Crippen LogP contribution in [0.3, 0.4) is 0 Å². The van der Waals surface area contributed by atoms with Crippen LogP contribution in [0.2, 0.25) is 0 Å². The van der Waals surface area contributed by atoms with E-state index >= 15 is 0 Å². The van der Waals surface area contributed by atoms with E-state index in [4.69, 9.17) is 4.74 Å². The number of aromatic nitrogens is 2. The number of carbonyl (C=O) groups excluding carboxylic acids is 1. The molecule has 5 rings (SSSR count). The molecule has 192 valence electrons. The second-order valence-corrected chi connectivity index (χ2v) is 9.70. The van der Waals surface area contributed by atoms with Crippen LogP contribution in [-0.4, -0.2) is 46.5 Å². The molecule has 2 aromatic carbocycles. The van der Waals surface area contributed by atoms with Gasteiger partial charge in [-0.1, -0.05) is 12.1 Å². The van der Waals surface area contributed by atoms with Crippen LogP contribution in [0.5, 0.6) is 5.75 Å². The minimum Gasteiger partial charge on any atom is -0.490 e. The van der Waals surface area contributed by atoms with Gasteiger partial charge in [0.2, 0.25) is 0 Å². The third-order valence-corrected chi connectivity index (χ3v) is 7.46. The Kier molecular flexibility index (Phi) is 7.66. The van der Waals surface area contributed by atoms with E-state index in [9.17, 15) is 18.0 Å². The van der Waals surface area contributed by atoms with Gasteiger partial charge in [0.05, 0.1) is 21.9 Å². The molecule has 0 aliphatic carbocycles. The van der Waals surface area contributed by atoms with Crippen LogP contribution >= 0.6 is 11.3 Å². The van der Waals surface area contributed by atoms with E-state index in [0.29, 0.717) is 47.6 Å². The number of pyridine rings is 1. The monoisotopic (exact) mass is 526 g/mol. The zero-order valence-electron chi connectivity index (χ0n) is 19.8. The predicted octanol–water partition coefficient (Wildman–Crippen LogP) is 5.78. The maximum Gasteiger partial charge on any atom is 0.281 e. The fourth-order valence-corrected chi connectivity index (χ4v) is 5.59. The summed E-state index contributed by atoms with van der Waals surface area (Å²) in [5.41, 5.74) is 2.36. The smallest absolute Gasteiger partial charge is 0.281 e. The Morgan fingerprint density at radius 1 is 1.08 bits per heavy atom. The molecule has 1 N–H and O–H groups in total. The Morgan fingerprint density at radius 2 is 1.86 bits per heavy atom. The molecule has 6 nitrogen and oxygen atoms in total. The third kappa shape index (κ3) is 5.75. The predicted molar refractivity (Wildman–Crippen MR) is 136 cm³/mol. The van der Waals surface area contributed by atoms with Gasteiger partial charge in [-0.05, 0) is 55.3 Å². The summed E-state index contributed by atoms with van der Waals surface area (Å²) in [5.74, 6) is -0.0249. The molecule has 37 heavy (non-hydrogen) atoms. The van der Waals surface area contributed by atoms with Crippen LogP contribution in [0, 0.1) is 5.82 Å². The molecule has 1 unspecified atom stereocenters. The van der Waals surface area contributed by atoms with Crippen molar-refractivity contribution in [2.45, 2.75) is 31.4 Å². The number of nitrogens with one attached hydrogen (secondary N) is 1. The Labute approximate surface area is 216 Å². The van der Waals surface area contributed by atoms with Crippen molar-refractivity contribution in [2.75, 3.05) is 19.6 Å². The van der Waals surface area contributed by atoms with Gasteiger partial charge in [-0.3, -0.25) is 14.7 Å². The zero-order valence-corrected chi connectivity index (χ0v) is 20.6. The molecule has 2 aromatic heterocycles. The molecule has 1 aliphatic heterocycles. The summed E-state index contributed by atoms with van der Waals surface area (Å²) in [6.07, 6.45) is 0.220. The number of benzene rings is 2. The summed E-state index contributed by atoms with van der Waals surface area (Å²) in [6, 6.07) is 14.4. The van der Waals surface area contributed by atoms with E-state index in [2.05, 4.69) is 20.2 Å². The van der Waals surface area contributed by atoms with Crippen molar-refractivity contribution in [3.8, 4) is 5.75 Å². The Hall–Kier alpha value is -3.50. The summed E-state index contributed by atoms with van der Waals surface area (Å²) in [7, 11) is 0. The molecule has 0 saturated carbocycles. The van der Waals surface area contributed by atoms with Crippen LogP contribution in [0.25, 0.3) is 10.9 Å². The van der Waals surface area contributed by atoms with Gasteiger partial charge in [0, 0.05) is 36.8 Å². The number of likely N-dealkylation sites (tertiary alicyclic amines) is 1. The van der Waals surface area contributed by atoms with Gasteiger partial charge in [0.15, 0.2) is 0 Å². The molecule has 1 saturated heterocycles. The fraction of sp³-hybridized carbons (Fsp3) is 0.296. The van der Waals surface area contributed by atoms with Gasteiger partial charge in [-0.15, -0.1) is 11.3 Å². The van der Waals surface area contributed by atoms with Crippen molar-refractivity contribution in [2.24, 2.45) is 0 Å². The first-order valence-corrected chi connectivity index (χ1v) is 12.9. The first-order chi connectivity index (χ1) is 18.0. The maximum absolute atomic E-state index is 13.7. The number of piperidine rings is 1. The lowest BCUT2D eigenvalue weighted by Crippen LogP contribution is -2.44. The van der Waals surface area contributed by atoms with Gasteiger partial charge < -0.3 is 10.1 Å². The normalized spacial score (nSPS) is 15.7. The molecule has 1 atom stereocenters. The van der Waals surface area contributed by atoms with Crippen molar-refractivity contribution >= 4 is 28.1 Å². The number of carbonyl (C=O) groups is 1. The number of alkyl halides is 2. The van der Waals surface area contributed by atoms with Gasteiger partial charge in [0.1, 0.15) is 23.4 Å². The molecule has 1 amide bonds. The van der Waals surface area contributed by atoms with E-state index in [-0.39, 0.29) is 30.1 Å². The average molecular weight is 527 g/mol. The van der Waals surface area contributed by atoms with Crippen LogP contribution < -0.4 is 10.1 Å². The molecule has 1 aliphatic rings. The second kappa shape index (κ2) is 11.3. The van der Waals surface area contributed by atoms with Crippen molar-refractivity contribution in [1.29, 1.82) is 0 Å². The number of amides is 1. The first-order valence-electron chi connectivity index (χ1n) is 12.0. The Bertz CT molecular complexity index is 1350. The number of halogens is 3. The SMILES string of the molecule is O=C(NCC(c1scnc1C(F)F)N1CCC(Oc2ccc(F)cc2)CC1)c1cccc2ncccc12. The van der Waals surface area contributed by atoms with E-state index in [1.54, 1.807) is 36.5 Å². The molecular weight excluding hydrogens is 501 g/mol. The lowest BCUT2D eigenvalue weighted by atomic mass is 10.0. The average Bonchev–Trinajstić information content (AvgIpc) is 3.41. The first kappa shape index (κ1) is 25.2. The molecule has 10 heteroatoms. The number of ether oxygens (including phenoxy) is 1. The molecule has 0 radical (unpaired) electrons. The molecule has 4 aromatic rings. The lowest BCUT2D eigenvalue weighted by Gasteiger charge is -2.37. The second-order valence-electron chi connectivity index (χ2n) is 8.81. The van der Waals surface area contributed by atoms with Crippen LogP contribution in [0.1, 0.15) is 46.2 Å². The molecule has 3 heterocycles. The molecule has 0 spiro atoms. The summed E-state index contributed by atoms with van der Waals surface area (Å²) >= 11 is 1.17. The molecule has 0 bridgehead atoms. The van der Waals surface area contributed by atoms with Gasteiger partial charge >= 0.3 is 0 Å².